The minimum atomic E-state index is -1.98. The molecule has 83 heavy (non-hydrogen) atoms. The number of carbonyl (C=O) groups excluding carboxylic acids is 1. The Labute approximate surface area is 496 Å². The van der Waals surface area contributed by atoms with Gasteiger partial charge in [0.05, 0.1) is 38.6 Å². The van der Waals surface area contributed by atoms with Gasteiger partial charge in [-0.25, -0.2) is 0 Å². The molecule has 17 unspecified atom stereocenters. The monoisotopic (exact) mass is 1180 g/mol. The molecule has 3 aliphatic heterocycles. The summed E-state index contributed by atoms with van der Waals surface area (Å²) < 4.78 is 34.2. The molecule has 3 fully saturated rings. The summed E-state index contributed by atoms with van der Waals surface area (Å²) >= 11 is 0. The average Bonchev–Trinajstić information content (AvgIpc) is 3.25. The predicted molar refractivity (Wildman–Crippen MR) is 318 cm³/mol. The van der Waals surface area contributed by atoms with E-state index in [4.69, 9.17) is 28.4 Å². The van der Waals surface area contributed by atoms with E-state index in [0.29, 0.717) is 6.42 Å². The lowest BCUT2D eigenvalue weighted by Crippen LogP contribution is -2.66. The number of nitrogens with one attached hydrogen (secondary N) is 1. The van der Waals surface area contributed by atoms with E-state index in [-0.39, 0.29) is 18.9 Å². The lowest BCUT2D eigenvalue weighted by atomic mass is 9.96. The Bertz CT molecular complexity index is 1790. The molecule has 3 aliphatic rings. The molecule has 17 atom stereocenters. The second-order valence-corrected chi connectivity index (χ2v) is 22.5. The number of hydrogen-bond acceptors (Lipinski definition) is 18. The highest BCUT2D eigenvalue weighted by molar-refractivity contribution is 5.76. The maximum Gasteiger partial charge on any atom is 0.220 e. The van der Waals surface area contributed by atoms with Crippen molar-refractivity contribution in [2.75, 3.05) is 26.4 Å². The first-order valence-corrected chi connectivity index (χ1v) is 31.7. The fourth-order valence-corrected chi connectivity index (χ4v) is 10.3. The summed E-state index contributed by atoms with van der Waals surface area (Å²) in [6.07, 6.45) is 29.1. The number of unbranched alkanes of at least 4 members (excludes halogenated alkanes) is 20. The molecule has 3 saturated heterocycles. The Hall–Kier alpha value is -2.77. The molecule has 3 heterocycles. The maximum atomic E-state index is 13.3. The van der Waals surface area contributed by atoms with E-state index in [1.165, 1.54) is 83.5 Å². The summed E-state index contributed by atoms with van der Waals surface area (Å²) in [5.74, 6) is -0.283. The zero-order valence-electron chi connectivity index (χ0n) is 50.1. The molecule has 12 N–H and O–H groups in total. The third-order valence-corrected chi connectivity index (χ3v) is 15.5. The Morgan fingerprint density at radius 2 is 0.831 bits per heavy atom. The van der Waals surface area contributed by atoms with Gasteiger partial charge in [0.25, 0.3) is 0 Å². The highest BCUT2D eigenvalue weighted by Gasteiger charge is 2.53. The zero-order valence-corrected chi connectivity index (χ0v) is 50.1. The molecule has 3 rings (SSSR count). The molecule has 19 heteroatoms. The molecule has 480 valence electrons. The Morgan fingerprint density at radius 1 is 0.446 bits per heavy atom. The van der Waals surface area contributed by atoms with Crippen molar-refractivity contribution in [1.29, 1.82) is 0 Å². The molecular formula is C64H111NO18. The molecule has 0 aliphatic carbocycles. The number of ether oxygens (including phenoxy) is 6. The number of amides is 1. The topological polar surface area (TPSA) is 307 Å². The van der Waals surface area contributed by atoms with Gasteiger partial charge in [0, 0.05) is 6.42 Å². The first-order chi connectivity index (χ1) is 40.3. The van der Waals surface area contributed by atoms with Gasteiger partial charge in [-0.05, 0) is 64.2 Å². The van der Waals surface area contributed by atoms with Crippen molar-refractivity contribution >= 4 is 5.91 Å². The van der Waals surface area contributed by atoms with Crippen molar-refractivity contribution in [3.05, 3.63) is 72.9 Å². The third-order valence-electron chi connectivity index (χ3n) is 15.5. The van der Waals surface area contributed by atoms with Crippen LogP contribution in [0.15, 0.2) is 72.9 Å². The highest BCUT2D eigenvalue weighted by Crippen LogP contribution is 2.33. The second kappa shape index (κ2) is 46.4. The normalized spacial score (nSPS) is 29.9. The van der Waals surface area contributed by atoms with Crippen molar-refractivity contribution in [1.82, 2.24) is 5.32 Å². The van der Waals surface area contributed by atoms with E-state index in [1.54, 1.807) is 6.08 Å². The third kappa shape index (κ3) is 29.7. The summed E-state index contributed by atoms with van der Waals surface area (Å²) in [6.45, 7) is 1.55. The molecule has 0 radical (unpaired) electrons. The molecule has 0 spiro atoms. The van der Waals surface area contributed by atoms with Crippen molar-refractivity contribution < 1.29 is 89.4 Å². The summed E-state index contributed by atoms with van der Waals surface area (Å²) in [7, 11) is 0. The van der Waals surface area contributed by atoms with Crippen LogP contribution in [0.4, 0.5) is 0 Å². The maximum absolute atomic E-state index is 13.3. The van der Waals surface area contributed by atoms with Gasteiger partial charge in [-0.2, -0.15) is 0 Å². The molecule has 0 aromatic rings. The number of aliphatic hydroxyl groups is 11. The van der Waals surface area contributed by atoms with E-state index in [0.717, 1.165) is 83.5 Å². The van der Waals surface area contributed by atoms with Gasteiger partial charge in [0.15, 0.2) is 18.9 Å². The summed E-state index contributed by atoms with van der Waals surface area (Å²) in [5.41, 5.74) is 0. The lowest BCUT2D eigenvalue weighted by molar-refractivity contribution is -0.379. The first-order valence-electron chi connectivity index (χ1n) is 31.7. The number of aliphatic hydroxyl groups excluding tert-OH is 11. The second-order valence-electron chi connectivity index (χ2n) is 22.5. The largest absolute Gasteiger partial charge is 0.394 e. The van der Waals surface area contributed by atoms with E-state index >= 15 is 0 Å². The van der Waals surface area contributed by atoms with Crippen LogP contribution in [-0.2, 0) is 33.2 Å². The fraction of sp³-hybridized carbons (Fsp3) is 0.797. The molecule has 0 aromatic carbocycles. The van der Waals surface area contributed by atoms with Crippen LogP contribution in [0.25, 0.3) is 0 Å². The Balaban J connectivity index is 1.38. The van der Waals surface area contributed by atoms with Gasteiger partial charge in [-0.3, -0.25) is 4.79 Å². The minimum Gasteiger partial charge on any atom is -0.394 e. The van der Waals surface area contributed by atoms with E-state index in [9.17, 15) is 61.0 Å². The van der Waals surface area contributed by atoms with Crippen LogP contribution in [0.2, 0.25) is 0 Å². The van der Waals surface area contributed by atoms with Crippen molar-refractivity contribution in [3.8, 4) is 0 Å². The standard InChI is InChI=1S/C64H111NO18/c1-3-5-7-9-11-13-14-15-16-17-18-19-20-21-22-23-24-25-26-27-28-29-30-31-32-34-36-38-40-42-52(70)65-47(48(69)41-39-37-35-33-12-10-8-6-4-2)46-78-62-58(76)55(73)60(50(44-67)80-62)83-64-59(77)56(74)61(51(45-68)81-64)82-63-57(75)54(72)53(71)49(43-66)79-63/h5,7,11,13,15-16,18-19,21-22,39,41,47-51,53-64,66-69,71-77H,3-4,6,8-10,12,14,17,20,23-38,40,42-46H2,1-2H3,(H,65,70)/b7-5-,13-11-,16-15-,19-18-,22-21-,41-39+. The van der Waals surface area contributed by atoms with Gasteiger partial charge >= 0.3 is 0 Å². The van der Waals surface area contributed by atoms with Crippen LogP contribution in [-0.4, -0.2) is 193 Å². The molecule has 0 bridgehead atoms. The van der Waals surface area contributed by atoms with Crippen LogP contribution >= 0.6 is 0 Å². The lowest BCUT2D eigenvalue weighted by Gasteiger charge is -2.48. The number of carbonyl (C=O) groups is 1. The SMILES string of the molecule is CC/C=C\C/C=C\C/C=C\C/C=C\C/C=C\CCCCCCCCCCCCCCCC(=O)NC(COC1OC(CO)C(OC2OC(CO)C(OC3OC(CO)C(O)C(O)C3O)C(O)C2O)C(O)C1O)C(O)/C=C/CCCCCCCCC. The van der Waals surface area contributed by atoms with E-state index in [1.807, 2.05) is 6.08 Å². The van der Waals surface area contributed by atoms with Crippen LogP contribution in [0.5, 0.6) is 0 Å². The predicted octanol–water partition coefficient (Wildman–Crippen LogP) is 6.60. The van der Waals surface area contributed by atoms with Crippen LogP contribution in [0.1, 0.15) is 194 Å². The summed E-state index contributed by atoms with van der Waals surface area (Å²) in [6, 6.07) is -0.974. The Kier molecular flexibility index (Phi) is 41.6. The molecule has 19 nitrogen and oxygen atoms in total. The number of hydrogen-bond donors (Lipinski definition) is 12. The number of allylic oxidation sites excluding steroid dienone is 11. The number of rotatable bonds is 46. The minimum absolute atomic E-state index is 0.238. The van der Waals surface area contributed by atoms with Crippen LogP contribution in [0, 0.1) is 0 Å². The van der Waals surface area contributed by atoms with Gasteiger partial charge < -0.3 is 89.9 Å². The van der Waals surface area contributed by atoms with Crippen LogP contribution in [0.3, 0.4) is 0 Å². The van der Waals surface area contributed by atoms with Gasteiger partial charge in [0.2, 0.25) is 5.91 Å². The fourth-order valence-electron chi connectivity index (χ4n) is 10.3. The molecule has 0 saturated carbocycles. The Morgan fingerprint density at radius 3 is 1.30 bits per heavy atom. The summed E-state index contributed by atoms with van der Waals surface area (Å²) in [4.78, 5) is 13.3. The van der Waals surface area contributed by atoms with E-state index < -0.39 is 124 Å². The highest BCUT2D eigenvalue weighted by atomic mass is 16.8. The van der Waals surface area contributed by atoms with Crippen molar-refractivity contribution in [2.24, 2.45) is 0 Å². The van der Waals surface area contributed by atoms with Gasteiger partial charge in [-0.1, -0.05) is 196 Å². The average molecular weight is 1180 g/mol. The molecule has 1 amide bonds. The molecule has 0 aromatic heterocycles. The smallest absolute Gasteiger partial charge is 0.220 e. The van der Waals surface area contributed by atoms with E-state index in [2.05, 4.69) is 79.9 Å². The zero-order chi connectivity index (χ0) is 60.5. The van der Waals surface area contributed by atoms with Gasteiger partial charge in [0.1, 0.15) is 73.2 Å². The van der Waals surface area contributed by atoms with Gasteiger partial charge in [-0.15, -0.1) is 0 Å². The van der Waals surface area contributed by atoms with Crippen molar-refractivity contribution in [2.45, 2.75) is 298 Å². The van der Waals surface area contributed by atoms with Crippen LogP contribution < -0.4 is 5.32 Å². The summed E-state index contributed by atoms with van der Waals surface area (Å²) in [5, 5.41) is 120. The van der Waals surface area contributed by atoms with Crippen molar-refractivity contribution in [3.63, 3.8) is 0 Å². The molecular weight excluding hydrogens is 1070 g/mol. The first kappa shape index (κ1) is 74.5. The quantitative estimate of drug-likeness (QED) is 0.0226.